The second kappa shape index (κ2) is 10.1. The molecular formula is C24H34N2O3. The number of imide groups is 1. The topological polar surface area (TPSA) is 49.9 Å². The van der Waals surface area contributed by atoms with Gasteiger partial charge in [0.05, 0.1) is 18.8 Å². The molecule has 0 atom stereocenters. The van der Waals surface area contributed by atoms with Crippen LogP contribution in [0.15, 0.2) is 23.9 Å². The van der Waals surface area contributed by atoms with Gasteiger partial charge in [-0.25, -0.2) is 0 Å². The molecule has 0 aromatic heterocycles. The number of aryl methyl sites for hydroxylation is 2. The van der Waals surface area contributed by atoms with E-state index in [0.29, 0.717) is 44.1 Å². The highest BCUT2D eigenvalue weighted by Gasteiger charge is 2.41. The fourth-order valence-corrected chi connectivity index (χ4v) is 4.05. The van der Waals surface area contributed by atoms with E-state index < -0.39 is 0 Å². The van der Waals surface area contributed by atoms with Gasteiger partial charge >= 0.3 is 0 Å². The van der Waals surface area contributed by atoms with E-state index in [1.807, 2.05) is 30.0 Å². The van der Waals surface area contributed by atoms with Gasteiger partial charge in [0.1, 0.15) is 5.70 Å². The number of unbranched alkanes of at least 4 members (excludes halogenated alkanes) is 5. The standard InChI is InChI=1S/C24H34N2O3/c1-4-5-6-7-8-9-12-26-23(27)21(20-11-10-18(2)19(3)17-20)22(24(26)28)25-13-15-29-16-14-25/h10-11,17H,4-9,12-16H2,1-3H3. The van der Waals surface area contributed by atoms with Crippen molar-refractivity contribution in [2.45, 2.75) is 59.3 Å². The first-order valence-corrected chi connectivity index (χ1v) is 11.1. The van der Waals surface area contributed by atoms with Crippen LogP contribution in [-0.4, -0.2) is 54.5 Å². The molecule has 1 saturated heterocycles. The molecule has 2 amide bonds. The van der Waals surface area contributed by atoms with Crippen LogP contribution in [0.5, 0.6) is 0 Å². The Balaban J connectivity index is 1.82. The molecule has 2 heterocycles. The summed E-state index contributed by atoms with van der Waals surface area (Å²) in [7, 11) is 0. The zero-order valence-corrected chi connectivity index (χ0v) is 18.1. The third-order valence-electron chi connectivity index (χ3n) is 6.00. The molecule has 1 aromatic rings. The molecule has 0 unspecified atom stereocenters. The van der Waals surface area contributed by atoms with E-state index in [0.717, 1.165) is 30.4 Å². The van der Waals surface area contributed by atoms with Gasteiger partial charge < -0.3 is 9.64 Å². The summed E-state index contributed by atoms with van der Waals surface area (Å²) in [4.78, 5) is 30.1. The monoisotopic (exact) mass is 398 g/mol. The van der Waals surface area contributed by atoms with Crippen molar-refractivity contribution in [1.29, 1.82) is 0 Å². The van der Waals surface area contributed by atoms with Crippen molar-refractivity contribution in [2.75, 3.05) is 32.8 Å². The maximum atomic E-state index is 13.3. The van der Waals surface area contributed by atoms with Gasteiger partial charge in [0.25, 0.3) is 11.8 Å². The molecule has 5 nitrogen and oxygen atoms in total. The van der Waals surface area contributed by atoms with E-state index in [1.165, 1.54) is 29.7 Å². The summed E-state index contributed by atoms with van der Waals surface area (Å²) in [6.07, 6.45) is 6.79. The smallest absolute Gasteiger partial charge is 0.277 e. The normalized spacial score (nSPS) is 17.6. The Kier molecular flexibility index (Phi) is 7.48. The Labute approximate surface area is 174 Å². The Bertz CT molecular complexity index is 778. The molecule has 2 aliphatic heterocycles. The molecule has 29 heavy (non-hydrogen) atoms. The highest BCUT2D eigenvalue weighted by atomic mass is 16.5. The lowest BCUT2D eigenvalue weighted by atomic mass is 9.99. The van der Waals surface area contributed by atoms with Gasteiger partial charge in [-0.3, -0.25) is 14.5 Å². The predicted octanol–water partition coefficient (Wildman–Crippen LogP) is 4.08. The summed E-state index contributed by atoms with van der Waals surface area (Å²) in [5, 5.41) is 0. The SMILES string of the molecule is CCCCCCCCN1C(=O)C(c2ccc(C)c(C)c2)=C(N2CCOCC2)C1=O. The predicted molar refractivity (Wildman–Crippen MR) is 115 cm³/mol. The summed E-state index contributed by atoms with van der Waals surface area (Å²) in [6, 6.07) is 6.03. The molecule has 0 radical (unpaired) electrons. The highest BCUT2D eigenvalue weighted by Crippen LogP contribution is 2.33. The van der Waals surface area contributed by atoms with Crippen molar-refractivity contribution >= 4 is 17.4 Å². The molecule has 0 bridgehead atoms. The number of carbonyl (C=O) groups excluding carboxylic acids is 2. The quantitative estimate of drug-likeness (QED) is 0.465. The van der Waals surface area contributed by atoms with E-state index in [-0.39, 0.29) is 11.8 Å². The van der Waals surface area contributed by atoms with Crippen molar-refractivity contribution in [3.05, 3.63) is 40.6 Å². The van der Waals surface area contributed by atoms with Gasteiger partial charge in [-0.05, 0) is 37.0 Å². The number of carbonyl (C=O) groups is 2. The van der Waals surface area contributed by atoms with Crippen LogP contribution in [0.3, 0.4) is 0 Å². The number of nitrogens with zero attached hydrogens (tertiary/aromatic N) is 2. The molecule has 3 rings (SSSR count). The number of hydrogen-bond donors (Lipinski definition) is 0. The third-order valence-corrected chi connectivity index (χ3v) is 6.00. The molecule has 0 spiro atoms. The Morgan fingerprint density at radius 1 is 0.897 bits per heavy atom. The van der Waals surface area contributed by atoms with Gasteiger partial charge in [-0.2, -0.15) is 0 Å². The number of ether oxygens (including phenoxy) is 1. The summed E-state index contributed by atoms with van der Waals surface area (Å²) < 4.78 is 5.46. The van der Waals surface area contributed by atoms with Gasteiger partial charge in [0.15, 0.2) is 0 Å². The molecule has 158 valence electrons. The third kappa shape index (κ3) is 4.89. The van der Waals surface area contributed by atoms with Crippen molar-refractivity contribution in [3.8, 4) is 0 Å². The molecule has 0 saturated carbocycles. The molecule has 1 fully saturated rings. The van der Waals surface area contributed by atoms with Crippen LogP contribution in [0.2, 0.25) is 0 Å². The van der Waals surface area contributed by atoms with Crippen LogP contribution in [0.25, 0.3) is 5.57 Å². The minimum Gasteiger partial charge on any atom is -0.378 e. The average molecular weight is 399 g/mol. The Hall–Kier alpha value is -2.14. The fourth-order valence-electron chi connectivity index (χ4n) is 4.05. The summed E-state index contributed by atoms with van der Waals surface area (Å²) >= 11 is 0. The van der Waals surface area contributed by atoms with Crippen molar-refractivity contribution < 1.29 is 14.3 Å². The van der Waals surface area contributed by atoms with E-state index >= 15 is 0 Å². The van der Waals surface area contributed by atoms with Gasteiger partial charge in [-0.1, -0.05) is 57.2 Å². The first-order valence-electron chi connectivity index (χ1n) is 11.1. The van der Waals surface area contributed by atoms with Crippen LogP contribution in [0.1, 0.15) is 62.1 Å². The minimum absolute atomic E-state index is 0.140. The fraction of sp³-hybridized carbons (Fsp3) is 0.583. The molecule has 0 aliphatic carbocycles. The summed E-state index contributed by atoms with van der Waals surface area (Å²) in [5.74, 6) is -0.285. The van der Waals surface area contributed by atoms with Crippen molar-refractivity contribution in [2.24, 2.45) is 0 Å². The number of hydrogen-bond acceptors (Lipinski definition) is 4. The summed E-state index contributed by atoms with van der Waals surface area (Å²) in [6.45, 7) is 9.28. The molecule has 0 N–H and O–H groups in total. The van der Waals surface area contributed by atoms with E-state index in [2.05, 4.69) is 13.8 Å². The first kappa shape index (κ1) is 21.6. The molecule has 5 heteroatoms. The largest absolute Gasteiger partial charge is 0.378 e. The minimum atomic E-state index is -0.145. The number of morpholine rings is 1. The second-order valence-corrected chi connectivity index (χ2v) is 8.15. The zero-order chi connectivity index (χ0) is 20.8. The lowest BCUT2D eigenvalue weighted by molar-refractivity contribution is -0.137. The van der Waals surface area contributed by atoms with Crippen molar-refractivity contribution in [3.63, 3.8) is 0 Å². The van der Waals surface area contributed by atoms with Crippen LogP contribution >= 0.6 is 0 Å². The van der Waals surface area contributed by atoms with E-state index in [1.54, 1.807) is 0 Å². The molecule has 1 aromatic carbocycles. The maximum absolute atomic E-state index is 13.3. The lowest BCUT2D eigenvalue weighted by Crippen LogP contribution is -2.40. The first-order chi connectivity index (χ1) is 14.0. The van der Waals surface area contributed by atoms with Crippen molar-refractivity contribution in [1.82, 2.24) is 9.80 Å². The Morgan fingerprint density at radius 2 is 1.59 bits per heavy atom. The number of rotatable bonds is 9. The van der Waals surface area contributed by atoms with Gasteiger partial charge in [0.2, 0.25) is 0 Å². The van der Waals surface area contributed by atoms with Crippen LogP contribution in [0, 0.1) is 13.8 Å². The Morgan fingerprint density at radius 3 is 2.28 bits per heavy atom. The second-order valence-electron chi connectivity index (χ2n) is 8.15. The van der Waals surface area contributed by atoms with Gasteiger partial charge in [0, 0.05) is 19.6 Å². The van der Waals surface area contributed by atoms with E-state index in [4.69, 9.17) is 4.74 Å². The van der Waals surface area contributed by atoms with Crippen LogP contribution in [-0.2, 0) is 14.3 Å². The summed E-state index contributed by atoms with van der Waals surface area (Å²) in [5.41, 5.74) is 4.28. The maximum Gasteiger partial charge on any atom is 0.277 e. The lowest BCUT2D eigenvalue weighted by Gasteiger charge is -2.29. The number of benzene rings is 1. The molecule has 2 aliphatic rings. The highest BCUT2D eigenvalue weighted by molar-refractivity contribution is 6.35. The average Bonchev–Trinajstić information content (AvgIpc) is 2.97. The van der Waals surface area contributed by atoms with Crippen LogP contribution in [0.4, 0.5) is 0 Å². The van der Waals surface area contributed by atoms with E-state index in [9.17, 15) is 9.59 Å². The molecular weight excluding hydrogens is 364 g/mol. The van der Waals surface area contributed by atoms with Crippen LogP contribution < -0.4 is 0 Å². The van der Waals surface area contributed by atoms with Gasteiger partial charge in [-0.15, -0.1) is 0 Å². The number of amides is 2. The zero-order valence-electron chi connectivity index (χ0n) is 18.1.